The predicted molar refractivity (Wildman–Crippen MR) is 67.9 cm³/mol. The van der Waals surface area contributed by atoms with E-state index in [0.717, 1.165) is 10.4 Å². The zero-order valence-corrected chi connectivity index (χ0v) is 10.2. The Kier molecular flexibility index (Phi) is 3.39. The van der Waals surface area contributed by atoms with Crippen LogP contribution in [-0.2, 0) is 4.74 Å². The van der Waals surface area contributed by atoms with Gasteiger partial charge in [0.2, 0.25) is 0 Å². The summed E-state index contributed by atoms with van der Waals surface area (Å²) < 4.78 is 4.93. The number of anilines is 1. The SMILES string of the molecule is CCOC(=O)c1cc(-c2ccncc2)sc1N. The van der Waals surface area contributed by atoms with Crippen molar-refractivity contribution in [3.8, 4) is 10.4 Å². The normalized spacial score (nSPS) is 10.2. The summed E-state index contributed by atoms with van der Waals surface area (Å²) in [5.41, 5.74) is 7.24. The molecular formula is C12H12N2O2S. The second-order valence-corrected chi connectivity index (χ2v) is 4.43. The molecule has 0 aromatic carbocycles. The van der Waals surface area contributed by atoms with Gasteiger partial charge in [-0.1, -0.05) is 0 Å². The van der Waals surface area contributed by atoms with Crippen LogP contribution in [-0.4, -0.2) is 17.6 Å². The van der Waals surface area contributed by atoms with Crippen molar-refractivity contribution in [1.82, 2.24) is 4.98 Å². The van der Waals surface area contributed by atoms with Gasteiger partial charge in [0.1, 0.15) is 5.00 Å². The molecule has 0 aliphatic heterocycles. The first-order chi connectivity index (χ1) is 8.22. The third-order valence-corrected chi connectivity index (χ3v) is 3.23. The Morgan fingerprint density at radius 1 is 1.47 bits per heavy atom. The van der Waals surface area contributed by atoms with Crippen LogP contribution in [0.5, 0.6) is 0 Å². The predicted octanol–water partition coefficient (Wildman–Crippen LogP) is 2.57. The molecule has 88 valence electrons. The number of nitrogens with two attached hydrogens (primary N) is 1. The lowest BCUT2D eigenvalue weighted by Gasteiger charge is -1.98. The van der Waals surface area contributed by atoms with Crippen molar-refractivity contribution in [2.45, 2.75) is 6.92 Å². The van der Waals surface area contributed by atoms with Gasteiger partial charge in [0.15, 0.2) is 0 Å². The van der Waals surface area contributed by atoms with Crippen LogP contribution >= 0.6 is 11.3 Å². The van der Waals surface area contributed by atoms with Gasteiger partial charge < -0.3 is 10.5 Å². The first-order valence-electron chi connectivity index (χ1n) is 5.19. The van der Waals surface area contributed by atoms with Crippen LogP contribution in [0.2, 0.25) is 0 Å². The molecule has 2 rings (SSSR count). The number of pyridine rings is 1. The molecule has 0 spiro atoms. The number of nitrogen functional groups attached to an aromatic ring is 1. The number of aromatic nitrogens is 1. The zero-order chi connectivity index (χ0) is 12.3. The second kappa shape index (κ2) is 4.97. The number of ether oxygens (including phenoxy) is 1. The number of carbonyl (C=O) groups is 1. The van der Waals surface area contributed by atoms with E-state index in [0.29, 0.717) is 17.2 Å². The van der Waals surface area contributed by atoms with Gasteiger partial charge in [0.25, 0.3) is 0 Å². The number of nitrogens with zero attached hydrogens (tertiary/aromatic N) is 1. The summed E-state index contributed by atoms with van der Waals surface area (Å²) in [5, 5.41) is 0.482. The zero-order valence-electron chi connectivity index (χ0n) is 9.34. The Hall–Kier alpha value is -1.88. The van der Waals surface area contributed by atoms with Gasteiger partial charge in [-0.15, -0.1) is 11.3 Å². The quantitative estimate of drug-likeness (QED) is 0.848. The molecule has 2 aromatic rings. The number of hydrogen-bond donors (Lipinski definition) is 1. The Labute approximate surface area is 103 Å². The lowest BCUT2D eigenvalue weighted by Crippen LogP contribution is -2.05. The van der Waals surface area contributed by atoms with Gasteiger partial charge in [-0.05, 0) is 30.7 Å². The molecule has 0 fully saturated rings. The van der Waals surface area contributed by atoms with Crippen LogP contribution in [0.15, 0.2) is 30.6 Å². The Balaban J connectivity index is 2.34. The van der Waals surface area contributed by atoms with Gasteiger partial charge in [0, 0.05) is 17.3 Å². The largest absolute Gasteiger partial charge is 0.462 e. The van der Waals surface area contributed by atoms with Crippen LogP contribution in [0, 0.1) is 0 Å². The summed E-state index contributed by atoms with van der Waals surface area (Å²) >= 11 is 1.37. The van der Waals surface area contributed by atoms with Crippen LogP contribution in [0.3, 0.4) is 0 Å². The molecule has 0 aliphatic rings. The maximum absolute atomic E-state index is 11.6. The fraction of sp³-hybridized carbons (Fsp3) is 0.167. The van der Waals surface area contributed by atoms with Crippen molar-refractivity contribution in [1.29, 1.82) is 0 Å². The van der Waals surface area contributed by atoms with E-state index in [2.05, 4.69) is 4.98 Å². The van der Waals surface area contributed by atoms with Crippen molar-refractivity contribution in [3.63, 3.8) is 0 Å². The van der Waals surface area contributed by atoms with Crippen molar-refractivity contribution in [2.75, 3.05) is 12.3 Å². The van der Waals surface area contributed by atoms with E-state index < -0.39 is 0 Å². The average molecular weight is 248 g/mol. The first-order valence-corrected chi connectivity index (χ1v) is 6.01. The first kappa shape index (κ1) is 11.6. The minimum atomic E-state index is -0.374. The highest BCUT2D eigenvalue weighted by atomic mass is 32.1. The summed E-state index contributed by atoms with van der Waals surface area (Å²) in [6, 6.07) is 5.51. The van der Waals surface area contributed by atoms with Crippen LogP contribution in [0.1, 0.15) is 17.3 Å². The molecule has 2 heterocycles. The molecule has 0 unspecified atom stereocenters. The topological polar surface area (TPSA) is 65.2 Å². The molecule has 0 bridgehead atoms. The molecular weight excluding hydrogens is 236 g/mol. The summed E-state index contributed by atoms with van der Waals surface area (Å²) in [7, 11) is 0. The third kappa shape index (κ3) is 2.45. The van der Waals surface area contributed by atoms with Crippen molar-refractivity contribution < 1.29 is 9.53 Å². The van der Waals surface area contributed by atoms with Crippen molar-refractivity contribution >= 4 is 22.3 Å². The van der Waals surface area contributed by atoms with E-state index in [1.165, 1.54) is 11.3 Å². The van der Waals surface area contributed by atoms with E-state index in [1.807, 2.05) is 12.1 Å². The van der Waals surface area contributed by atoms with Crippen molar-refractivity contribution in [2.24, 2.45) is 0 Å². The average Bonchev–Trinajstić information content (AvgIpc) is 2.73. The van der Waals surface area contributed by atoms with E-state index in [1.54, 1.807) is 25.4 Å². The smallest absolute Gasteiger partial charge is 0.341 e. The molecule has 2 aromatic heterocycles. The monoisotopic (exact) mass is 248 g/mol. The summed E-state index contributed by atoms with van der Waals surface area (Å²) in [6.07, 6.45) is 3.41. The molecule has 0 amide bonds. The number of esters is 1. The standard InChI is InChI=1S/C12H12N2O2S/c1-2-16-12(15)9-7-10(17-11(9)13)8-3-5-14-6-4-8/h3-7H,2,13H2,1H3. The molecule has 0 atom stereocenters. The van der Waals surface area contributed by atoms with E-state index in [9.17, 15) is 4.79 Å². The Morgan fingerprint density at radius 2 is 2.18 bits per heavy atom. The maximum Gasteiger partial charge on any atom is 0.341 e. The van der Waals surface area contributed by atoms with E-state index in [4.69, 9.17) is 10.5 Å². The number of hydrogen-bond acceptors (Lipinski definition) is 5. The Morgan fingerprint density at radius 3 is 2.82 bits per heavy atom. The molecule has 5 heteroatoms. The highest BCUT2D eigenvalue weighted by Crippen LogP contribution is 2.33. The Bertz CT molecular complexity index is 523. The van der Waals surface area contributed by atoms with Crippen LogP contribution in [0.25, 0.3) is 10.4 Å². The molecule has 0 saturated heterocycles. The van der Waals surface area contributed by atoms with Crippen LogP contribution in [0.4, 0.5) is 5.00 Å². The second-order valence-electron chi connectivity index (χ2n) is 3.34. The lowest BCUT2D eigenvalue weighted by molar-refractivity contribution is 0.0528. The summed E-state index contributed by atoms with van der Waals surface area (Å²) in [5.74, 6) is -0.374. The molecule has 17 heavy (non-hydrogen) atoms. The molecule has 4 nitrogen and oxygen atoms in total. The fourth-order valence-corrected chi connectivity index (χ4v) is 2.35. The molecule has 0 aliphatic carbocycles. The van der Waals surface area contributed by atoms with Gasteiger partial charge >= 0.3 is 5.97 Å². The van der Waals surface area contributed by atoms with Gasteiger partial charge in [-0.2, -0.15) is 0 Å². The minimum absolute atomic E-state index is 0.346. The highest BCUT2D eigenvalue weighted by molar-refractivity contribution is 7.19. The van der Waals surface area contributed by atoms with Gasteiger partial charge in [0.05, 0.1) is 12.2 Å². The number of thiophene rings is 1. The van der Waals surface area contributed by atoms with Crippen LogP contribution < -0.4 is 5.73 Å². The van der Waals surface area contributed by atoms with Gasteiger partial charge in [-0.25, -0.2) is 4.79 Å². The highest BCUT2D eigenvalue weighted by Gasteiger charge is 2.15. The summed E-state index contributed by atoms with van der Waals surface area (Å²) in [6.45, 7) is 2.11. The molecule has 2 N–H and O–H groups in total. The number of rotatable bonds is 3. The minimum Gasteiger partial charge on any atom is -0.462 e. The molecule has 0 saturated carbocycles. The van der Waals surface area contributed by atoms with E-state index >= 15 is 0 Å². The third-order valence-electron chi connectivity index (χ3n) is 2.22. The van der Waals surface area contributed by atoms with E-state index in [-0.39, 0.29) is 5.97 Å². The lowest BCUT2D eigenvalue weighted by atomic mass is 10.2. The number of carbonyl (C=O) groups excluding carboxylic acids is 1. The fourth-order valence-electron chi connectivity index (χ4n) is 1.43. The summed E-state index contributed by atoms with van der Waals surface area (Å²) in [4.78, 5) is 16.5. The maximum atomic E-state index is 11.6. The van der Waals surface area contributed by atoms with Gasteiger partial charge in [-0.3, -0.25) is 4.98 Å². The molecule has 0 radical (unpaired) electrons. The van der Waals surface area contributed by atoms with Crippen molar-refractivity contribution in [3.05, 3.63) is 36.2 Å².